The molecule has 3 heterocycles. The summed E-state index contributed by atoms with van der Waals surface area (Å²) in [5, 5.41) is 11.9. The number of aliphatic hydroxyl groups is 1. The minimum Gasteiger partial charge on any atom is -0.460 e. The van der Waals surface area contributed by atoms with Crippen LogP contribution >= 0.6 is 15.9 Å². The number of amides is 3. The Morgan fingerprint density at radius 2 is 1.95 bits per heavy atom. The number of fused-ring (bicyclic) bond motifs is 1. The largest absolute Gasteiger partial charge is 0.460 e. The number of likely N-dealkylation sites (tertiary alicyclic amines) is 1. The first-order valence-electron chi connectivity index (χ1n) is 15.8. The molecule has 0 aromatic heterocycles. The Bertz CT molecular complexity index is 1020. The first-order valence-corrected chi connectivity index (χ1v) is 16.7. The highest BCUT2D eigenvalue weighted by atomic mass is 79.9. The van der Waals surface area contributed by atoms with Crippen LogP contribution in [0.4, 0.5) is 0 Å². The molecule has 0 aromatic rings. The molecule has 3 saturated heterocycles. The molecule has 0 aliphatic carbocycles. The number of unbranched alkanes of at least 4 members (excludes halogenated alkanes) is 3. The number of rotatable bonds is 19. The molecular weight excluding hydrogens is 618 g/mol. The van der Waals surface area contributed by atoms with E-state index in [1.54, 1.807) is 28.9 Å². The number of carbonyl (C=O) groups excluding carboxylic acids is 4. The van der Waals surface area contributed by atoms with Crippen molar-refractivity contribution >= 4 is 39.6 Å². The number of halogens is 1. The Morgan fingerprint density at radius 1 is 1.23 bits per heavy atom. The Labute approximate surface area is 264 Å². The van der Waals surface area contributed by atoms with Gasteiger partial charge in [0.15, 0.2) is 0 Å². The molecule has 3 fully saturated rings. The Kier molecular flexibility index (Phi) is 13.3. The van der Waals surface area contributed by atoms with Gasteiger partial charge in [-0.3, -0.25) is 19.2 Å². The summed E-state index contributed by atoms with van der Waals surface area (Å²) >= 11 is 3.70. The van der Waals surface area contributed by atoms with Crippen LogP contribution in [0.15, 0.2) is 25.3 Å². The molecule has 3 rings (SSSR count). The minimum atomic E-state index is -1.16. The number of hydrogen-bond acceptors (Lipinski definition) is 7. The molecule has 0 aromatic carbocycles. The van der Waals surface area contributed by atoms with E-state index in [4.69, 9.17) is 9.47 Å². The Morgan fingerprint density at radius 3 is 2.60 bits per heavy atom. The second-order valence-corrected chi connectivity index (χ2v) is 13.3. The molecule has 2 N–H and O–H groups in total. The van der Waals surface area contributed by atoms with E-state index >= 15 is 0 Å². The van der Waals surface area contributed by atoms with E-state index in [9.17, 15) is 24.3 Å². The van der Waals surface area contributed by atoms with Crippen molar-refractivity contribution < 1.29 is 33.8 Å². The SMILES string of the molecule is C=CCCC(=O)NC[C@@H](C)OC(=O)[C@H]1[C@@H]2O[C@@]3(CC2Br)[C@@H]1C(=O)N(CCCCCCO)[C@@H]3C(=O)N(CC=C)C(C)CCC. The maximum Gasteiger partial charge on any atom is 0.312 e. The molecule has 8 atom stereocenters. The number of carbonyl (C=O) groups is 4. The zero-order chi connectivity index (χ0) is 31.7. The molecule has 43 heavy (non-hydrogen) atoms. The van der Waals surface area contributed by atoms with Crippen molar-refractivity contribution in [3.05, 3.63) is 25.3 Å². The van der Waals surface area contributed by atoms with E-state index in [-0.39, 0.29) is 41.7 Å². The highest BCUT2D eigenvalue weighted by molar-refractivity contribution is 9.09. The molecule has 3 amide bonds. The van der Waals surface area contributed by atoms with Crippen LogP contribution in [-0.2, 0) is 28.7 Å². The zero-order valence-electron chi connectivity index (χ0n) is 26.0. The molecule has 3 aliphatic rings. The van der Waals surface area contributed by atoms with E-state index in [2.05, 4.69) is 41.3 Å². The van der Waals surface area contributed by atoms with E-state index in [0.29, 0.717) is 45.2 Å². The fourth-order valence-corrected chi connectivity index (χ4v) is 7.86. The predicted molar refractivity (Wildman–Crippen MR) is 167 cm³/mol. The second-order valence-electron chi connectivity index (χ2n) is 12.1. The summed E-state index contributed by atoms with van der Waals surface area (Å²) in [6, 6.07) is -0.930. The normalized spacial score (nSPS) is 28.7. The third kappa shape index (κ3) is 7.71. The number of nitrogens with one attached hydrogen (secondary N) is 1. The summed E-state index contributed by atoms with van der Waals surface area (Å²) in [5.74, 6) is -2.87. The average molecular weight is 669 g/mol. The molecule has 1 spiro atoms. The van der Waals surface area contributed by atoms with Crippen LogP contribution in [0.2, 0.25) is 0 Å². The molecule has 2 bridgehead atoms. The summed E-state index contributed by atoms with van der Waals surface area (Å²) in [4.78, 5) is 57.6. The van der Waals surface area contributed by atoms with Gasteiger partial charge in [0.2, 0.25) is 17.7 Å². The van der Waals surface area contributed by atoms with Crippen molar-refractivity contribution in [2.75, 3.05) is 26.2 Å². The number of ether oxygens (including phenoxy) is 2. The summed E-state index contributed by atoms with van der Waals surface area (Å²) in [6.45, 7) is 14.2. The third-order valence-electron chi connectivity index (χ3n) is 8.93. The van der Waals surface area contributed by atoms with E-state index < -0.39 is 41.7 Å². The minimum absolute atomic E-state index is 0.0610. The monoisotopic (exact) mass is 667 g/mol. The molecule has 0 saturated carbocycles. The smallest absolute Gasteiger partial charge is 0.312 e. The van der Waals surface area contributed by atoms with Crippen molar-refractivity contribution in [1.29, 1.82) is 0 Å². The van der Waals surface area contributed by atoms with Gasteiger partial charge in [-0.2, -0.15) is 0 Å². The van der Waals surface area contributed by atoms with Crippen LogP contribution in [0.25, 0.3) is 0 Å². The molecule has 0 radical (unpaired) electrons. The van der Waals surface area contributed by atoms with Gasteiger partial charge in [-0.1, -0.05) is 54.3 Å². The number of esters is 1. The first kappa shape index (κ1) is 35.2. The maximum absolute atomic E-state index is 14.4. The molecule has 11 heteroatoms. The number of alkyl halides is 1. The fourth-order valence-electron chi connectivity index (χ4n) is 6.92. The molecule has 10 nitrogen and oxygen atoms in total. The van der Waals surface area contributed by atoms with Gasteiger partial charge < -0.3 is 29.7 Å². The highest BCUT2D eigenvalue weighted by Crippen LogP contribution is 2.60. The topological polar surface area (TPSA) is 125 Å². The number of allylic oxidation sites excluding steroid dienone is 1. The zero-order valence-corrected chi connectivity index (χ0v) is 27.6. The maximum atomic E-state index is 14.4. The predicted octanol–water partition coefficient (Wildman–Crippen LogP) is 3.50. The summed E-state index contributed by atoms with van der Waals surface area (Å²) < 4.78 is 12.4. The Hall–Kier alpha value is -2.24. The number of hydrogen-bond donors (Lipinski definition) is 2. The van der Waals surface area contributed by atoms with Gasteiger partial charge in [0.25, 0.3) is 0 Å². The molecule has 2 unspecified atom stereocenters. The van der Waals surface area contributed by atoms with E-state index in [1.807, 2.05) is 6.92 Å². The van der Waals surface area contributed by atoms with Crippen molar-refractivity contribution in [1.82, 2.24) is 15.1 Å². The van der Waals surface area contributed by atoms with Crippen LogP contribution in [0.5, 0.6) is 0 Å². The summed E-state index contributed by atoms with van der Waals surface area (Å²) in [5.41, 5.74) is -1.16. The van der Waals surface area contributed by atoms with E-state index in [0.717, 1.165) is 25.7 Å². The average Bonchev–Trinajstić information content (AvgIpc) is 3.56. The lowest BCUT2D eigenvalue weighted by atomic mass is 9.70. The van der Waals surface area contributed by atoms with Gasteiger partial charge in [0.1, 0.15) is 17.7 Å². The summed E-state index contributed by atoms with van der Waals surface area (Å²) in [6.07, 6.45) is 8.11. The quantitative estimate of drug-likeness (QED) is 0.0935. The van der Waals surface area contributed by atoms with Crippen LogP contribution in [0.3, 0.4) is 0 Å². The van der Waals surface area contributed by atoms with Crippen molar-refractivity contribution in [2.45, 2.75) is 113 Å². The van der Waals surface area contributed by atoms with Crippen molar-refractivity contribution in [3.8, 4) is 0 Å². The van der Waals surface area contributed by atoms with Gasteiger partial charge in [-0.25, -0.2) is 0 Å². The van der Waals surface area contributed by atoms with Gasteiger partial charge in [-0.05, 0) is 46.0 Å². The lowest BCUT2D eigenvalue weighted by molar-refractivity contribution is -0.159. The first-order chi connectivity index (χ1) is 20.6. The van der Waals surface area contributed by atoms with E-state index in [1.165, 1.54) is 0 Å². The second kappa shape index (κ2) is 16.2. The standard InChI is InChI=1S/C32H50BrN3O7/c1-6-9-15-24(38)34-20-22(5)42-31(41)25-26-29(39)36(17-12-10-11-13-18-37)28(32(26)19-23(33)27(25)43-32)30(40)35(16-8-3)21(4)14-7-2/h6,8,21-23,25-28,37H,1,3,7,9-20H2,2,4-5H3,(H,34,38)/t21?,22-,23?,25-,26+,27-,28-,32+/m1/s1. The van der Waals surface area contributed by atoms with Gasteiger partial charge in [0.05, 0.1) is 24.5 Å². The molecule has 3 aliphatic heterocycles. The summed E-state index contributed by atoms with van der Waals surface area (Å²) in [7, 11) is 0. The molecular formula is C32H50BrN3O7. The fraction of sp³-hybridized carbons (Fsp3) is 0.750. The third-order valence-corrected chi connectivity index (χ3v) is 9.77. The molecule has 242 valence electrons. The van der Waals surface area contributed by atoms with Gasteiger partial charge in [0, 0.05) is 37.0 Å². The number of aliphatic hydroxyl groups excluding tert-OH is 1. The van der Waals surface area contributed by atoms with Gasteiger partial charge in [-0.15, -0.1) is 13.2 Å². The Balaban J connectivity index is 1.88. The lowest BCUT2D eigenvalue weighted by Gasteiger charge is -2.39. The van der Waals surface area contributed by atoms with Crippen LogP contribution in [0.1, 0.15) is 78.6 Å². The van der Waals surface area contributed by atoms with Crippen LogP contribution < -0.4 is 5.32 Å². The van der Waals surface area contributed by atoms with Gasteiger partial charge >= 0.3 is 5.97 Å². The number of nitrogens with zero attached hydrogens (tertiary/aromatic N) is 2. The van der Waals surface area contributed by atoms with Crippen molar-refractivity contribution in [2.24, 2.45) is 11.8 Å². The highest BCUT2D eigenvalue weighted by Gasteiger charge is 2.77. The lowest BCUT2D eigenvalue weighted by Crippen LogP contribution is -2.58. The van der Waals surface area contributed by atoms with Crippen molar-refractivity contribution in [3.63, 3.8) is 0 Å². The van der Waals surface area contributed by atoms with Crippen LogP contribution in [-0.4, -0.2) is 99.6 Å². The van der Waals surface area contributed by atoms with Crippen LogP contribution in [0, 0.1) is 11.8 Å².